The maximum absolute atomic E-state index is 12.9. The molecule has 0 aliphatic carbocycles. The van der Waals surface area contributed by atoms with Crippen LogP contribution >= 0.6 is 11.8 Å². The van der Waals surface area contributed by atoms with Crippen LogP contribution in [0.25, 0.3) is 17.0 Å². The number of rotatable bonds is 5. The number of fused-ring (bicyclic) bond motifs is 1. The van der Waals surface area contributed by atoms with Crippen molar-refractivity contribution in [2.24, 2.45) is 4.99 Å². The van der Waals surface area contributed by atoms with E-state index in [9.17, 15) is 9.59 Å². The smallest absolute Gasteiger partial charge is 0.371 e. The van der Waals surface area contributed by atoms with E-state index in [-0.39, 0.29) is 11.7 Å². The van der Waals surface area contributed by atoms with Crippen LogP contribution in [0.5, 0.6) is 0 Å². The molecule has 1 saturated heterocycles. The van der Waals surface area contributed by atoms with Gasteiger partial charge in [-0.15, -0.1) is 0 Å². The van der Waals surface area contributed by atoms with Crippen LogP contribution in [0.15, 0.2) is 87.2 Å². The first-order valence-electron chi connectivity index (χ1n) is 10.2. The third-order valence-electron chi connectivity index (χ3n) is 5.29. The minimum atomic E-state index is -1.10. The molecule has 0 radical (unpaired) electrons. The number of amidine groups is 1. The Labute approximate surface area is 193 Å². The number of hydrogen-bond acceptors (Lipinski definition) is 5. The van der Waals surface area contributed by atoms with Crippen LogP contribution in [0.2, 0.25) is 0 Å². The van der Waals surface area contributed by atoms with Gasteiger partial charge in [0.2, 0.25) is 5.76 Å². The summed E-state index contributed by atoms with van der Waals surface area (Å²) in [5, 5.41) is 10.7. The number of furan rings is 1. The molecule has 4 aromatic rings. The van der Waals surface area contributed by atoms with Gasteiger partial charge in [0, 0.05) is 29.7 Å². The van der Waals surface area contributed by atoms with Crippen LogP contribution in [0.4, 0.5) is 5.69 Å². The highest BCUT2D eigenvalue weighted by molar-refractivity contribution is 8.18. The number of carboxylic acids is 1. The molecule has 1 aliphatic rings. The Morgan fingerprint density at radius 2 is 1.85 bits per heavy atom. The first-order valence-corrected chi connectivity index (χ1v) is 11.0. The topological polar surface area (TPSA) is 88.0 Å². The van der Waals surface area contributed by atoms with Crippen molar-refractivity contribution in [3.63, 3.8) is 0 Å². The second-order valence-electron chi connectivity index (χ2n) is 7.51. The molecule has 1 aliphatic heterocycles. The Kier molecular flexibility index (Phi) is 5.35. The lowest BCUT2D eigenvalue weighted by Crippen LogP contribution is -2.23. The Morgan fingerprint density at radius 1 is 1.09 bits per heavy atom. The molecule has 0 atom stereocenters. The van der Waals surface area contributed by atoms with Crippen molar-refractivity contribution in [3.05, 3.63) is 94.9 Å². The van der Waals surface area contributed by atoms with E-state index in [1.165, 1.54) is 17.8 Å². The first-order chi connectivity index (χ1) is 16.0. The van der Waals surface area contributed by atoms with E-state index >= 15 is 0 Å². The zero-order chi connectivity index (χ0) is 22.9. The van der Waals surface area contributed by atoms with Crippen molar-refractivity contribution >= 4 is 51.5 Å². The third kappa shape index (κ3) is 4.08. The second-order valence-corrected chi connectivity index (χ2v) is 8.51. The van der Waals surface area contributed by atoms with E-state index < -0.39 is 5.97 Å². The van der Waals surface area contributed by atoms with Crippen LogP contribution in [0.3, 0.4) is 0 Å². The number of carbonyl (C=O) groups is 2. The van der Waals surface area contributed by atoms with Crippen molar-refractivity contribution in [2.45, 2.75) is 6.54 Å². The Bertz CT molecular complexity index is 1430. The number of thioether (sulfide) groups is 1. The molecule has 8 heteroatoms. The third-order valence-corrected chi connectivity index (χ3v) is 6.35. The maximum Gasteiger partial charge on any atom is 0.371 e. The fourth-order valence-corrected chi connectivity index (χ4v) is 4.65. The van der Waals surface area contributed by atoms with Gasteiger partial charge >= 0.3 is 5.97 Å². The van der Waals surface area contributed by atoms with Gasteiger partial charge in [-0.3, -0.25) is 9.69 Å². The van der Waals surface area contributed by atoms with E-state index in [2.05, 4.69) is 4.99 Å². The summed E-state index contributed by atoms with van der Waals surface area (Å²) in [6, 6.07) is 20.5. The number of amides is 1. The molecule has 1 fully saturated rings. The summed E-state index contributed by atoms with van der Waals surface area (Å²) in [5.74, 6) is -0.762. The largest absolute Gasteiger partial charge is 0.475 e. The van der Waals surface area contributed by atoms with Crippen molar-refractivity contribution in [1.29, 1.82) is 0 Å². The lowest BCUT2D eigenvalue weighted by molar-refractivity contribution is -0.121. The number of hydrogen-bond donors (Lipinski definition) is 1. The zero-order valence-electron chi connectivity index (χ0n) is 17.6. The fourth-order valence-electron chi connectivity index (χ4n) is 3.67. The van der Waals surface area contributed by atoms with Gasteiger partial charge in [-0.05, 0) is 48.2 Å². The van der Waals surface area contributed by atoms with Crippen molar-refractivity contribution in [3.8, 4) is 0 Å². The Morgan fingerprint density at radius 3 is 2.61 bits per heavy atom. The average molecular weight is 458 g/mol. The monoisotopic (exact) mass is 457 g/mol. The quantitative estimate of drug-likeness (QED) is 0.416. The zero-order valence-corrected chi connectivity index (χ0v) is 18.5. The summed E-state index contributed by atoms with van der Waals surface area (Å²) in [6.45, 7) is 0.374. The van der Waals surface area contributed by atoms with Gasteiger partial charge in [0.05, 0.1) is 17.1 Å². The number of nitrogens with zero attached hydrogens (tertiary/aromatic N) is 3. The summed E-state index contributed by atoms with van der Waals surface area (Å²) in [7, 11) is 1.72. The summed E-state index contributed by atoms with van der Waals surface area (Å²) < 4.78 is 7.41. The molecule has 5 rings (SSSR count). The molecule has 7 nitrogen and oxygen atoms in total. The molecular formula is C25H19N3O4S. The summed E-state index contributed by atoms with van der Waals surface area (Å²) in [5.41, 5.74) is 2.64. The molecule has 164 valence electrons. The van der Waals surface area contributed by atoms with Gasteiger partial charge in [0.25, 0.3) is 5.91 Å². The van der Waals surface area contributed by atoms with Crippen molar-refractivity contribution < 1.29 is 19.1 Å². The van der Waals surface area contributed by atoms with Gasteiger partial charge in [-0.1, -0.05) is 36.4 Å². The number of aromatic nitrogens is 1. The van der Waals surface area contributed by atoms with Gasteiger partial charge < -0.3 is 14.1 Å². The number of likely N-dealkylation sites (N-methyl/N-ethyl adjacent to an activating group) is 1. The van der Waals surface area contributed by atoms with Crippen LogP contribution < -0.4 is 0 Å². The van der Waals surface area contributed by atoms with Gasteiger partial charge in [-0.25, -0.2) is 9.79 Å². The molecule has 0 spiro atoms. The minimum absolute atomic E-state index is 0.0926. The van der Waals surface area contributed by atoms with Gasteiger partial charge in [-0.2, -0.15) is 0 Å². The highest BCUT2D eigenvalue weighted by atomic mass is 32.2. The summed E-state index contributed by atoms with van der Waals surface area (Å²) in [4.78, 5) is 30.7. The SMILES string of the molecule is CN1C(=O)C(=Cc2cn(Cc3ccc(C(=O)O)o3)c3ccccc23)SC1=Nc1ccccc1. The molecule has 3 heterocycles. The van der Waals surface area contributed by atoms with E-state index in [1.54, 1.807) is 18.0 Å². The standard InChI is InChI=1S/C25H19N3O4S/c1-27-23(29)22(33-25(27)26-17-7-3-2-4-8-17)13-16-14-28(20-10-6-5-9-19(16)20)15-18-11-12-21(32-18)24(30)31/h2-14H,15H2,1H3,(H,30,31). The normalized spacial score (nSPS) is 16.4. The predicted molar refractivity (Wildman–Crippen MR) is 129 cm³/mol. The fraction of sp³-hybridized carbons (Fsp3) is 0.0800. The highest BCUT2D eigenvalue weighted by Gasteiger charge is 2.30. The number of benzene rings is 2. The molecule has 1 N–H and O–H groups in total. The number of carboxylic acid groups (broad SMARTS) is 1. The molecule has 2 aromatic carbocycles. The molecule has 0 saturated carbocycles. The van der Waals surface area contributed by atoms with Crippen LogP contribution in [0, 0.1) is 0 Å². The number of carbonyl (C=O) groups excluding carboxylic acids is 1. The van der Waals surface area contributed by atoms with E-state index in [4.69, 9.17) is 9.52 Å². The lowest BCUT2D eigenvalue weighted by Gasteiger charge is -2.06. The Hall–Kier alpha value is -4.04. The molecule has 1 amide bonds. The summed E-state index contributed by atoms with van der Waals surface area (Å²) >= 11 is 1.34. The van der Waals surface area contributed by atoms with Crippen LogP contribution in [0.1, 0.15) is 21.9 Å². The predicted octanol–water partition coefficient (Wildman–Crippen LogP) is 5.21. The first kappa shape index (κ1) is 20.8. The Balaban J connectivity index is 1.49. The van der Waals surface area contributed by atoms with Gasteiger partial charge in [0.1, 0.15) is 5.76 Å². The molecule has 0 unspecified atom stereocenters. The van der Waals surface area contributed by atoms with Gasteiger partial charge in [0.15, 0.2) is 5.17 Å². The molecule has 0 bridgehead atoms. The van der Waals surface area contributed by atoms with E-state index in [0.717, 1.165) is 22.2 Å². The minimum Gasteiger partial charge on any atom is -0.475 e. The highest BCUT2D eigenvalue weighted by Crippen LogP contribution is 2.35. The molecular weight excluding hydrogens is 438 g/mol. The van der Waals surface area contributed by atoms with Crippen LogP contribution in [-0.2, 0) is 11.3 Å². The summed E-state index contributed by atoms with van der Waals surface area (Å²) in [6.07, 6.45) is 3.82. The second kappa shape index (κ2) is 8.48. The molecule has 33 heavy (non-hydrogen) atoms. The lowest BCUT2D eigenvalue weighted by atomic mass is 10.1. The van der Waals surface area contributed by atoms with Crippen molar-refractivity contribution in [2.75, 3.05) is 7.05 Å². The van der Waals surface area contributed by atoms with E-state index in [0.29, 0.717) is 22.4 Å². The number of para-hydroxylation sites is 2. The van der Waals surface area contributed by atoms with Crippen molar-refractivity contribution in [1.82, 2.24) is 9.47 Å². The molecule has 2 aromatic heterocycles. The maximum atomic E-state index is 12.9. The van der Waals surface area contributed by atoms with Crippen LogP contribution in [-0.4, -0.2) is 38.7 Å². The average Bonchev–Trinajstić information content (AvgIpc) is 3.50. The number of aromatic carboxylic acids is 1. The number of aliphatic imine (C=N–C) groups is 1. The van der Waals surface area contributed by atoms with E-state index in [1.807, 2.05) is 71.4 Å².